The summed E-state index contributed by atoms with van der Waals surface area (Å²) in [4.78, 5) is 21.9. The first-order chi connectivity index (χ1) is 10.3. The molecule has 2 rings (SSSR count). The van der Waals surface area contributed by atoms with Crippen LogP contribution in [0.5, 0.6) is 0 Å². The van der Waals surface area contributed by atoms with Crippen molar-refractivity contribution in [2.24, 2.45) is 5.92 Å². The Kier molecular flexibility index (Phi) is 5.45. The molecule has 0 saturated carbocycles. The average molecular weight is 327 g/mol. The predicted molar refractivity (Wildman–Crippen MR) is 86.1 cm³/mol. The smallest absolute Gasteiger partial charge is 0.410 e. The molecule has 2 heterocycles. The molecule has 0 bridgehead atoms. The van der Waals surface area contributed by atoms with E-state index in [2.05, 4.69) is 15.3 Å². The maximum Gasteiger partial charge on any atom is 0.410 e. The zero-order valence-corrected chi connectivity index (χ0v) is 14.1. The van der Waals surface area contributed by atoms with Gasteiger partial charge in [0.25, 0.3) is 0 Å². The summed E-state index contributed by atoms with van der Waals surface area (Å²) in [6.45, 7) is 7.84. The fraction of sp³-hybridized carbons (Fsp3) is 0.667. The van der Waals surface area contributed by atoms with Crippen LogP contribution in [0.4, 0.5) is 10.6 Å². The molecule has 1 fully saturated rings. The summed E-state index contributed by atoms with van der Waals surface area (Å²) in [6, 6.07) is 1.69. The predicted octanol–water partition coefficient (Wildman–Crippen LogP) is 3.19. The van der Waals surface area contributed by atoms with Gasteiger partial charge in [-0.15, -0.1) is 0 Å². The van der Waals surface area contributed by atoms with Crippen LogP contribution in [0.2, 0.25) is 5.15 Å². The van der Waals surface area contributed by atoms with Gasteiger partial charge < -0.3 is 15.0 Å². The Balaban J connectivity index is 1.84. The highest BCUT2D eigenvalue weighted by Crippen LogP contribution is 2.20. The normalized spacial score (nSPS) is 18.9. The zero-order valence-electron chi connectivity index (χ0n) is 13.3. The molecule has 1 aliphatic heterocycles. The fourth-order valence-corrected chi connectivity index (χ4v) is 2.55. The molecule has 0 aliphatic carbocycles. The number of likely N-dealkylation sites (tertiary alicyclic amines) is 1. The molecule has 1 unspecified atom stereocenters. The second-order valence-electron chi connectivity index (χ2n) is 6.54. The molecule has 0 aromatic carbocycles. The number of halogens is 1. The number of carbonyl (C=O) groups excluding carboxylic acids is 1. The van der Waals surface area contributed by atoms with Crippen LogP contribution < -0.4 is 5.32 Å². The van der Waals surface area contributed by atoms with E-state index < -0.39 is 5.60 Å². The van der Waals surface area contributed by atoms with Crippen LogP contribution in [0.25, 0.3) is 0 Å². The summed E-state index contributed by atoms with van der Waals surface area (Å²) in [5.41, 5.74) is -0.458. The van der Waals surface area contributed by atoms with Crippen LogP contribution in [0.15, 0.2) is 12.4 Å². The van der Waals surface area contributed by atoms with Gasteiger partial charge in [0.2, 0.25) is 0 Å². The minimum Gasteiger partial charge on any atom is -0.444 e. The van der Waals surface area contributed by atoms with Crippen LogP contribution in [0, 0.1) is 5.92 Å². The van der Waals surface area contributed by atoms with Crippen LogP contribution in [-0.4, -0.2) is 46.2 Å². The number of anilines is 1. The van der Waals surface area contributed by atoms with Gasteiger partial charge in [-0.1, -0.05) is 11.6 Å². The van der Waals surface area contributed by atoms with E-state index in [-0.39, 0.29) is 6.09 Å². The molecule has 6 nitrogen and oxygen atoms in total. The molecular formula is C15H23ClN4O2. The summed E-state index contributed by atoms with van der Waals surface area (Å²) in [6.07, 6.45) is 3.25. The van der Waals surface area contributed by atoms with Crippen molar-refractivity contribution < 1.29 is 9.53 Å². The van der Waals surface area contributed by atoms with Crippen molar-refractivity contribution in [3.05, 3.63) is 17.5 Å². The van der Waals surface area contributed by atoms with Crippen LogP contribution in [-0.2, 0) is 4.74 Å². The van der Waals surface area contributed by atoms with E-state index in [1.54, 1.807) is 11.0 Å². The second-order valence-corrected chi connectivity index (χ2v) is 6.93. The molecule has 7 heteroatoms. The lowest BCUT2D eigenvalue weighted by molar-refractivity contribution is 0.0172. The molecule has 122 valence electrons. The molecule has 1 aromatic rings. The van der Waals surface area contributed by atoms with E-state index in [0.29, 0.717) is 23.4 Å². The lowest BCUT2D eigenvalue weighted by atomic mass is 9.98. The number of ether oxygens (including phenoxy) is 1. The van der Waals surface area contributed by atoms with Gasteiger partial charge in [0.05, 0.1) is 0 Å². The molecule has 1 amide bonds. The standard InChI is InChI=1S/C15H23ClN4O2/c1-15(2,3)22-14(21)20-6-4-5-11(9-20)8-17-13-7-12(16)18-10-19-13/h7,10-11H,4-6,8-9H2,1-3H3,(H,17,18,19). The van der Waals surface area contributed by atoms with E-state index in [1.807, 2.05) is 20.8 Å². The zero-order chi connectivity index (χ0) is 16.2. The summed E-state index contributed by atoms with van der Waals surface area (Å²) < 4.78 is 5.43. The quantitative estimate of drug-likeness (QED) is 0.864. The maximum atomic E-state index is 12.1. The Morgan fingerprint density at radius 1 is 1.50 bits per heavy atom. The first-order valence-electron chi connectivity index (χ1n) is 7.53. The fourth-order valence-electron chi connectivity index (χ4n) is 2.40. The Hall–Kier alpha value is -1.56. The van der Waals surface area contributed by atoms with Gasteiger partial charge in [-0.2, -0.15) is 0 Å². The molecule has 1 aromatic heterocycles. The van der Waals surface area contributed by atoms with Crippen LogP contribution in [0.3, 0.4) is 0 Å². The maximum absolute atomic E-state index is 12.1. The van der Waals surface area contributed by atoms with Crippen LogP contribution in [0.1, 0.15) is 33.6 Å². The summed E-state index contributed by atoms with van der Waals surface area (Å²) >= 11 is 5.83. The van der Waals surface area contributed by atoms with Crippen LogP contribution >= 0.6 is 11.6 Å². The van der Waals surface area contributed by atoms with Gasteiger partial charge in [-0.05, 0) is 39.5 Å². The lowest BCUT2D eigenvalue weighted by Gasteiger charge is -2.34. The highest BCUT2D eigenvalue weighted by atomic mass is 35.5. The third-order valence-electron chi connectivity index (χ3n) is 3.38. The first kappa shape index (κ1) is 16.8. The molecule has 22 heavy (non-hydrogen) atoms. The van der Waals surface area contributed by atoms with E-state index in [9.17, 15) is 4.79 Å². The molecule has 1 saturated heterocycles. The van der Waals surface area contributed by atoms with Gasteiger partial charge >= 0.3 is 6.09 Å². The van der Waals surface area contributed by atoms with Gasteiger partial charge in [-0.3, -0.25) is 0 Å². The largest absolute Gasteiger partial charge is 0.444 e. The number of amides is 1. The molecule has 1 N–H and O–H groups in total. The number of aromatic nitrogens is 2. The summed E-state index contributed by atoms with van der Waals surface area (Å²) in [7, 11) is 0. The van der Waals surface area contributed by atoms with E-state index >= 15 is 0 Å². The van der Waals surface area contributed by atoms with Gasteiger partial charge in [0.1, 0.15) is 22.9 Å². The van der Waals surface area contributed by atoms with Gasteiger partial charge in [0, 0.05) is 25.7 Å². The number of nitrogens with one attached hydrogen (secondary N) is 1. The lowest BCUT2D eigenvalue weighted by Crippen LogP contribution is -2.44. The number of rotatable bonds is 3. The summed E-state index contributed by atoms with van der Waals surface area (Å²) in [5.74, 6) is 1.07. The minimum atomic E-state index is -0.458. The van der Waals surface area contributed by atoms with Gasteiger partial charge in [0.15, 0.2) is 0 Å². The van der Waals surface area contributed by atoms with Crippen molar-refractivity contribution in [2.45, 2.75) is 39.2 Å². The third-order valence-corrected chi connectivity index (χ3v) is 3.58. The number of nitrogens with zero attached hydrogens (tertiary/aromatic N) is 3. The molecule has 0 radical (unpaired) electrons. The number of hydrogen-bond acceptors (Lipinski definition) is 5. The summed E-state index contributed by atoms with van der Waals surface area (Å²) in [5, 5.41) is 3.66. The molecule has 0 spiro atoms. The SMILES string of the molecule is CC(C)(C)OC(=O)N1CCCC(CNc2cc(Cl)ncn2)C1. The van der Waals surface area contributed by atoms with E-state index in [4.69, 9.17) is 16.3 Å². The Labute approximate surface area is 136 Å². The van der Waals surface area contributed by atoms with E-state index in [1.165, 1.54) is 6.33 Å². The first-order valence-corrected chi connectivity index (χ1v) is 7.90. The van der Waals surface area contributed by atoms with Crippen molar-refractivity contribution in [1.82, 2.24) is 14.9 Å². The average Bonchev–Trinajstić information content (AvgIpc) is 2.44. The highest BCUT2D eigenvalue weighted by Gasteiger charge is 2.27. The topological polar surface area (TPSA) is 67.3 Å². The van der Waals surface area contributed by atoms with Crippen molar-refractivity contribution >= 4 is 23.5 Å². The van der Waals surface area contributed by atoms with Crippen molar-refractivity contribution in [3.63, 3.8) is 0 Å². The Morgan fingerprint density at radius 3 is 2.95 bits per heavy atom. The molecule has 1 aliphatic rings. The Morgan fingerprint density at radius 2 is 2.27 bits per heavy atom. The van der Waals surface area contributed by atoms with Gasteiger partial charge in [-0.25, -0.2) is 14.8 Å². The monoisotopic (exact) mass is 326 g/mol. The second kappa shape index (κ2) is 7.13. The van der Waals surface area contributed by atoms with E-state index in [0.717, 1.165) is 25.9 Å². The molecular weight excluding hydrogens is 304 g/mol. The van der Waals surface area contributed by atoms with Crippen molar-refractivity contribution in [1.29, 1.82) is 0 Å². The minimum absolute atomic E-state index is 0.234. The molecule has 1 atom stereocenters. The Bertz CT molecular complexity index is 519. The number of carbonyl (C=O) groups is 1. The number of piperidine rings is 1. The number of hydrogen-bond donors (Lipinski definition) is 1. The highest BCUT2D eigenvalue weighted by molar-refractivity contribution is 6.29. The third kappa shape index (κ3) is 5.33. The van der Waals surface area contributed by atoms with Crippen molar-refractivity contribution in [3.8, 4) is 0 Å². The van der Waals surface area contributed by atoms with Crippen molar-refractivity contribution in [2.75, 3.05) is 25.0 Å².